The van der Waals surface area contributed by atoms with E-state index in [4.69, 9.17) is 19.9 Å². The monoisotopic (exact) mass is 672 g/mol. The summed E-state index contributed by atoms with van der Waals surface area (Å²) in [5.74, 6) is 0.619. The van der Waals surface area contributed by atoms with Crippen molar-refractivity contribution in [2.24, 2.45) is 23.5 Å². The average Bonchev–Trinajstić information content (AvgIpc) is 2.91. The van der Waals surface area contributed by atoms with E-state index in [1.165, 1.54) is 7.11 Å². The largest absolute Gasteiger partial charge is 0.469 e. The van der Waals surface area contributed by atoms with Crippen LogP contribution in [0.15, 0.2) is 0 Å². The van der Waals surface area contributed by atoms with Gasteiger partial charge in [0.2, 0.25) is 0 Å². The highest BCUT2D eigenvalue weighted by Crippen LogP contribution is 2.33. The minimum absolute atomic E-state index is 0.0216. The van der Waals surface area contributed by atoms with Crippen LogP contribution in [0.1, 0.15) is 146 Å². The van der Waals surface area contributed by atoms with E-state index in [9.17, 15) is 24.6 Å². The van der Waals surface area contributed by atoms with Crippen LogP contribution in [-0.4, -0.2) is 76.0 Å². The molecule has 0 heterocycles. The van der Waals surface area contributed by atoms with E-state index in [1.54, 1.807) is 0 Å². The van der Waals surface area contributed by atoms with Crippen molar-refractivity contribution in [2.45, 2.75) is 187 Å². The zero-order chi connectivity index (χ0) is 36.2. The molecule has 0 aliphatic heterocycles. The van der Waals surface area contributed by atoms with Crippen molar-refractivity contribution in [1.29, 1.82) is 0 Å². The smallest absolute Gasteiger partial charge is 0.407 e. The fourth-order valence-corrected chi connectivity index (χ4v) is 6.36. The zero-order valence-electron chi connectivity index (χ0n) is 31.4. The topological polar surface area (TPSA) is 169 Å². The van der Waals surface area contributed by atoms with Gasteiger partial charge in [-0.3, -0.25) is 4.79 Å². The highest BCUT2D eigenvalue weighted by atomic mass is 16.6. The molecule has 0 saturated heterocycles. The summed E-state index contributed by atoms with van der Waals surface area (Å²) in [5, 5.41) is 25.4. The van der Waals surface area contributed by atoms with Gasteiger partial charge < -0.3 is 40.8 Å². The molecule has 0 atom stereocenters. The lowest BCUT2D eigenvalue weighted by Crippen LogP contribution is -2.43. The Morgan fingerprint density at radius 1 is 0.574 bits per heavy atom. The van der Waals surface area contributed by atoms with Crippen molar-refractivity contribution in [3.8, 4) is 0 Å². The van der Waals surface area contributed by atoms with Gasteiger partial charge in [-0.05, 0) is 158 Å². The number of rotatable bonds is 5. The number of hydrogen-bond acceptors (Lipinski definition) is 9. The minimum Gasteiger partial charge on any atom is -0.469 e. The number of aliphatic hydroxyl groups is 2. The second-order valence-corrected chi connectivity index (χ2v) is 16.8. The molecule has 276 valence electrons. The molecule has 3 saturated carbocycles. The Morgan fingerprint density at radius 2 is 0.894 bits per heavy atom. The molecule has 3 fully saturated rings. The van der Waals surface area contributed by atoms with Gasteiger partial charge in [-0.15, -0.1) is 0 Å². The number of carbonyl (C=O) groups is 3. The Balaban J connectivity index is 0.000000364. The molecule has 0 bridgehead atoms. The third-order valence-corrected chi connectivity index (χ3v) is 9.20. The number of nitrogens with one attached hydrogen (secondary N) is 2. The number of ether oxygens (including phenoxy) is 3. The molecular formula is C36H69N3O8. The maximum atomic E-state index is 11.6. The Labute approximate surface area is 284 Å². The van der Waals surface area contributed by atoms with Crippen molar-refractivity contribution >= 4 is 18.2 Å². The summed E-state index contributed by atoms with van der Waals surface area (Å²) >= 11 is 0. The van der Waals surface area contributed by atoms with E-state index in [0.717, 1.165) is 77.0 Å². The summed E-state index contributed by atoms with van der Waals surface area (Å²) in [7, 11) is 1.41. The Morgan fingerprint density at radius 3 is 1.19 bits per heavy atom. The normalized spacial score (nSPS) is 27.0. The van der Waals surface area contributed by atoms with Crippen LogP contribution in [0.3, 0.4) is 0 Å². The van der Waals surface area contributed by atoms with E-state index in [1.807, 2.05) is 69.2 Å². The predicted molar refractivity (Wildman–Crippen MR) is 185 cm³/mol. The number of methoxy groups -OCH3 is 1. The number of nitrogens with two attached hydrogens (primary N) is 1. The van der Waals surface area contributed by atoms with Gasteiger partial charge in [-0.2, -0.15) is 0 Å². The van der Waals surface area contributed by atoms with Crippen LogP contribution >= 0.6 is 0 Å². The Hall–Kier alpha value is -2.11. The van der Waals surface area contributed by atoms with Crippen molar-refractivity contribution < 1.29 is 38.8 Å². The molecule has 11 heteroatoms. The van der Waals surface area contributed by atoms with E-state index in [0.29, 0.717) is 17.9 Å². The fourth-order valence-electron chi connectivity index (χ4n) is 6.36. The van der Waals surface area contributed by atoms with Gasteiger partial charge in [0.25, 0.3) is 0 Å². The number of amides is 2. The van der Waals surface area contributed by atoms with Crippen LogP contribution in [0.2, 0.25) is 0 Å². The standard InChI is InChI=1S/C14H27NO3.C13H23NO4.C9H19NO/c1-13(2,3)18-12(16)15-11-8-6-10(7-9-11)14(4,5)17;1-13(2,3)18-12(16)14-10-7-5-9(6-8-10)11(15)17-4;1-9(2,11)7-3-5-8(10)6-4-7/h10-11,17H,6-9H2,1-5H3,(H,15,16);9-10H,5-8H2,1-4H3,(H,14,16);7-8,11H,3-6,10H2,1-2H3. The second kappa shape index (κ2) is 18.6. The Kier molecular flexibility index (Phi) is 17.0. The SMILES string of the molecule is CC(C)(C)OC(=O)NC1CCC(C(C)(C)O)CC1.CC(C)(O)C1CCC(N)CC1.COC(=O)C1CCC(NC(=O)OC(C)(C)C)CC1. The van der Waals surface area contributed by atoms with E-state index >= 15 is 0 Å². The summed E-state index contributed by atoms with van der Waals surface area (Å²) in [6, 6.07) is 0.660. The highest BCUT2D eigenvalue weighted by molar-refractivity contribution is 5.72. The first kappa shape index (κ1) is 42.9. The lowest BCUT2D eigenvalue weighted by molar-refractivity contribution is -0.146. The van der Waals surface area contributed by atoms with Gasteiger partial charge in [0.1, 0.15) is 11.2 Å². The molecule has 0 aromatic heterocycles. The summed E-state index contributed by atoms with van der Waals surface area (Å²) in [6.07, 6.45) is 10.4. The number of alkyl carbamates (subject to hydrolysis) is 2. The lowest BCUT2D eigenvalue weighted by atomic mass is 9.77. The van der Waals surface area contributed by atoms with Crippen LogP contribution in [0.5, 0.6) is 0 Å². The molecule has 47 heavy (non-hydrogen) atoms. The van der Waals surface area contributed by atoms with Crippen molar-refractivity contribution in [1.82, 2.24) is 10.6 Å². The van der Waals surface area contributed by atoms with Crippen LogP contribution in [0, 0.1) is 17.8 Å². The molecule has 11 nitrogen and oxygen atoms in total. The van der Waals surface area contributed by atoms with Gasteiger partial charge in [0.05, 0.1) is 24.2 Å². The molecule has 0 aromatic rings. The summed E-state index contributed by atoms with van der Waals surface area (Å²) in [4.78, 5) is 34.5. The van der Waals surface area contributed by atoms with Gasteiger partial charge in [-0.1, -0.05) is 0 Å². The van der Waals surface area contributed by atoms with Crippen LogP contribution in [0.4, 0.5) is 9.59 Å². The third kappa shape index (κ3) is 18.9. The van der Waals surface area contributed by atoms with Gasteiger partial charge in [0, 0.05) is 18.1 Å². The maximum Gasteiger partial charge on any atom is 0.407 e. The fraction of sp³-hybridized carbons (Fsp3) is 0.917. The molecule has 3 aliphatic rings. The molecule has 3 rings (SSSR count). The molecule has 0 spiro atoms. The molecule has 0 radical (unpaired) electrons. The molecule has 3 aliphatic carbocycles. The summed E-state index contributed by atoms with van der Waals surface area (Å²) < 4.78 is 15.2. The zero-order valence-corrected chi connectivity index (χ0v) is 31.4. The molecule has 0 aromatic carbocycles. The first-order chi connectivity index (χ1) is 21.4. The number of esters is 1. The number of hydrogen-bond donors (Lipinski definition) is 5. The molecule has 2 amide bonds. The summed E-state index contributed by atoms with van der Waals surface area (Å²) in [5.41, 5.74) is 3.72. The van der Waals surface area contributed by atoms with E-state index < -0.39 is 22.4 Å². The summed E-state index contributed by atoms with van der Waals surface area (Å²) in [6.45, 7) is 18.6. The maximum absolute atomic E-state index is 11.6. The van der Waals surface area contributed by atoms with Crippen LogP contribution < -0.4 is 16.4 Å². The average molecular weight is 672 g/mol. The van der Waals surface area contributed by atoms with E-state index in [2.05, 4.69) is 10.6 Å². The third-order valence-electron chi connectivity index (χ3n) is 9.20. The van der Waals surface area contributed by atoms with Gasteiger partial charge in [0.15, 0.2) is 0 Å². The van der Waals surface area contributed by atoms with Crippen LogP contribution in [-0.2, 0) is 19.0 Å². The van der Waals surface area contributed by atoms with Crippen LogP contribution in [0.25, 0.3) is 0 Å². The van der Waals surface area contributed by atoms with Crippen molar-refractivity contribution in [2.75, 3.05) is 7.11 Å². The first-order valence-electron chi connectivity index (χ1n) is 17.7. The highest BCUT2D eigenvalue weighted by Gasteiger charge is 2.33. The quantitative estimate of drug-likeness (QED) is 0.165. The molecule has 6 N–H and O–H groups in total. The van der Waals surface area contributed by atoms with Crippen molar-refractivity contribution in [3.05, 3.63) is 0 Å². The van der Waals surface area contributed by atoms with Gasteiger partial charge in [-0.25, -0.2) is 9.59 Å². The molecule has 0 unspecified atom stereocenters. The van der Waals surface area contributed by atoms with Gasteiger partial charge >= 0.3 is 18.2 Å². The first-order valence-corrected chi connectivity index (χ1v) is 17.7. The number of carbonyl (C=O) groups excluding carboxylic acids is 3. The Bertz CT molecular complexity index is 937. The predicted octanol–water partition coefficient (Wildman–Crippen LogP) is 6.36. The lowest BCUT2D eigenvalue weighted by Gasteiger charge is -2.36. The van der Waals surface area contributed by atoms with E-state index in [-0.39, 0.29) is 36.2 Å². The minimum atomic E-state index is -0.614. The second-order valence-electron chi connectivity index (χ2n) is 16.8. The molecular weight excluding hydrogens is 602 g/mol. The van der Waals surface area contributed by atoms with Crippen molar-refractivity contribution in [3.63, 3.8) is 0 Å².